The summed E-state index contributed by atoms with van der Waals surface area (Å²) in [6.07, 6.45) is 5.73. The maximum Gasteiger partial charge on any atom is 0.0807 e. The molecule has 0 aliphatic heterocycles. The van der Waals surface area contributed by atoms with E-state index in [1.165, 1.54) is 31.4 Å². The molecule has 1 aromatic carbocycles. The largest absolute Gasteiger partial charge is 0.388 e. The summed E-state index contributed by atoms with van der Waals surface area (Å²) in [6.45, 7) is 5.28. The van der Waals surface area contributed by atoms with Crippen LogP contribution in [0.15, 0.2) is 24.3 Å². The van der Waals surface area contributed by atoms with Crippen LogP contribution in [0.3, 0.4) is 0 Å². The number of rotatable bonds is 5. The number of anilines is 1. The van der Waals surface area contributed by atoms with E-state index in [2.05, 4.69) is 30.0 Å². The van der Waals surface area contributed by atoms with Gasteiger partial charge in [0.15, 0.2) is 0 Å². The van der Waals surface area contributed by atoms with Crippen LogP contribution in [0.2, 0.25) is 0 Å². The van der Waals surface area contributed by atoms with Crippen LogP contribution < -0.4 is 4.90 Å². The van der Waals surface area contributed by atoms with E-state index in [4.69, 9.17) is 0 Å². The Bertz CT molecular complexity index is 371. The maximum atomic E-state index is 10.2. The number of para-hydroxylation sites is 1. The molecule has 0 saturated heterocycles. The van der Waals surface area contributed by atoms with Gasteiger partial charge in [-0.2, -0.15) is 0 Å². The summed E-state index contributed by atoms with van der Waals surface area (Å²) in [5, 5.41) is 10.2. The van der Waals surface area contributed by atoms with Crippen molar-refractivity contribution in [3.05, 3.63) is 29.8 Å². The minimum Gasteiger partial charge on any atom is -0.388 e. The van der Waals surface area contributed by atoms with Gasteiger partial charge in [0.05, 0.1) is 6.10 Å². The Morgan fingerprint density at radius 1 is 1.22 bits per heavy atom. The highest BCUT2D eigenvalue weighted by atomic mass is 16.3. The Morgan fingerprint density at radius 2 is 1.89 bits per heavy atom. The van der Waals surface area contributed by atoms with Gasteiger partial charge in [-0.1, -0.05) is 38.0 Å². The number of benzene rings is 1. The molecule has 1 N–H and O–H groups in total. The summed E-state index contributed by atoms with van der Waals surface area (Å²) >= 11 is 0. The molecular weight excluding hydrogens is 222 g/mol. The predicted molar refractivity (Wildman–Crippen MR) is 77.0 cm³/mol. The first-order chi connectivity index (χ1) is 8.77. The molecule has 1 saturated carbocycles. The monoisotopic (exact) mass is 247 g/mol. The van der Waals surface area contributed by atoms with Gasteiger partial charge in [0.2, 0.25) is 0 Å². The van der Waals surface area contributed by atoms with E-state index >= 15 is 0 Å². The van der Waals surface area contributed by atoms with Crippen LogP contribution in [0.1, 0.15) is 57.6 Å². The second-order valence-corrected chi connectivity index (χ2v) is 5.21. The summed E-state index contributed by atoms with van der Waals surface area (Å²) in [5.74, 6) is 0. The van der Waals surface area contributed by atoms with Crippen LogP contribution in [0.25, 0.3) is 0 Å². The molecular formula is C16H25NO. The molecule has 0 amide bonds. The van der Waals surface area contributed by atoms with Gasteiger partial charge in [0.1, 0.15) is 0 Å². The predicted octanol–water partition coefficient (Wildman–Crippen LogP) is 3.90. The molecule has 1 fully saturated rings. The number of hydrogen-bond donors (Lipinski definition) is 1. The van der Waals surface area contributed by atoms with Crippen molar-refractivity contribution in [3.63, 3.8) is 0 Å². The lowest BCUT2D eigenvalue weighted by Crippen LogP contribution is -2.33. The fourth-order valence-electron chi connectivity index (χ4n) is 3.09. The Hall–Kier alpha value is -1.02. The van der Waals surface area contributed by atoms with E-state index in [0.29, 0.717) is 6.04 Å². The molecule has 1 aliphatic carbocycles. The lowest BCUT2D eigenvalue weighted by molar-refractivity contribution is 0.174. The first-order valence-corrected chi connectivity index (χ1v) is 7.31. The minimum atomic E-state index is -0.336. The van der Waals surface area contributed by atoms with Crippen molar-refractivity contribution in [1.82, 2.24) is 0 Å². The maximum absolute atomic E-state index is 10.2. The van der Waals surface area contributed by atoms with Gasteiger partial charge in [-0.25, -0.2) is 0 Å². The van der Waals surface area contributed by atoms with Gasteiger partial charge in [-0.3, -0.25) is 0 Å². The van der Waals surface area contributed by atoms with Crippen LogP contribution in [0.5, 0.6) is 0 Å². The minimum absolute atomic E-state index is 0.336. The molecule has 100 valence electrons. The average molecular weight is 247 g/mol. The molecule has 0 bridgehead atoms. The molecule has 0 aromatic heterocycles. The fourth-order valence-corrected chi connectivity index (χ4v) is 3.09. The summed E-state index contributed by atoms with van der Waals surface area (Å²) in [5.41, 5.74) is 2.33. The van der Waals surface area contributed by atoms with Crippen LogP contribution in [0.4, 0.5) is 5.69 Å². The average Bonchev–Trinajstić information content (AvgIpc) is 2.93. The van der Waals surface area contributed by atoms with E-state index in [9.17, 15) is 5.11 Å². The Balaban J connectivity index is 2.29. The van der Waals surface area contributed by atoms with Gasteiger partial charge in [-0.15, -0.1) is 0 Å². The highest BCUT2D eigenvalue weighted by Crippen LogP contribution is 2.33. The zero-order valence-electron chi connectivity index (χ0n) is 11.6. The number of aliphatic hydroxyl groups is 1. The third-order valence-electron chi connectivity index (χ3n) is 4.10. The molecule has 0 spiro atoms. The third-order valence-corrected chi connectivity index (χ3v) is 4.10. The van der Waals surface area contributed by atoms with Gasteiger partial charge in [0.25, 0.3) is 0 Å². The first-order valence-electron chi connectivity index (χ1n) is 7.31. The topological polar surface area (TPSA) is 23.5 Å². The van der Waals surface area contributed by atoms with Crippen molar-refractivity contribution < 1.29 is 5.11 Å². The first kappa shape index (κ1) is 13.4. The highest BCUT2D eigenvalue weighted by molar-refractivity contribution is 5.55. The second-order valence-electron chi connectivity index (χ2n) is 5.21. The Labute approximate surface area is 111 Å². The second kappa shape index (κ2) is 6.24. The molecule has 1 aliphatic rings. The lowest BCUT2D eigenvalue weighted by atomic mass is 10.0. The summed E-state index contributed by atoms with van der Waals surface area (Å²) in [7, 11) is 0. The normalized spacial score (nSPS) is 17.9. The quantitative estimate of drug-likeness (QED) is 0.853. The van der Waals surface area contributed by atoms with Crippen molar-refractivity contribution in [2.24, 2.45) is 0 Å². The van der Waals surface area contributed by atoms with E-state index in [1.807, 2.05) is 13.0 Å². The summed E-state index contributed by atoms with van der Waals surface area (Å²) in [4.78, 5) is 2.49. The van der Waals surface area contributed by atoms with E-state index in [1.54, 1.807) is 0 Å². The summed E-state index contributed by atoms with van der Waals surface area (Å²) in [6, 6.07) is 9.01. The number of nitrogens with zero attached hydrogens (tertiary/aromatic N) is 1. The van der Waals surface area contributed by atoms with Crippen LogP contribution in [-0.2, 0) is 0 Å². The zero-order chi connectivity index (χ0) is 13.0. The van der Waals surface area contributed by atoms with E-state index in [-0.39, 0.29) is 6.10 Å². The summed E-state index contributed by atoms with van der Waals surface area (Å²) < 4.78 is 0. The van der Waals surface area contributed by atoms with Crippen molar-refractivity contribution in [1.29, 1.82) is 0 Å². The Morgan fingerprint density at radius 3 is 2.50 bits per heavy atom. The highest BCUT2D eigenvalue weighted by Gasteiger charge is 2.24. The van der Waals surface area contributed by atoms with Gasteiger partial charge in [-0.05, 0) is 32.3 Å². The third kappa shape index (κ3) is 2.69. The van der Waals surface area contributed by atoms with Gasteiger partial charge in [0, 0.05) is 23.8 Å². The van der Waals surface area contributed by atoms with Crippen LogP contribution in [-0.4, -0.2) is 17.7 Å². The molecule has 2 nitrogen and oxygen atoms in total. The van der Waals surface area contributed by atoms with Gasteiger partial charge >= 0.3 is 0 Å². The molecule has 1 atom stereocenters. The lowest BCUT2D eigenvalue weighted by Gasteiger charge is -2.32. The van der Waals surface area contributed by atoms with E-state index in [0.717, 1.165) is 18.5 Å². The van der Waals surface area contributed by atoms with Crippen molar-refractivity contribution >= 4 is 5.69 Å². The zero-order valence-corrected chi connectivity index (χ0v) is 11.6. The van der Waals surface area contributed by atoms with Crippen molar-refractivity contribution in [3.8, 4) is 0 Å². The fraction of sp³-hybridized carbons (Fsp3) is 0.625. The van der Waals surface area contributed by atoms with Crippen molar-refractivity contribution in [2.45, 2.75) is 58.1 Å². The van der Waals surface area contributed by atoms with E-state index < -0.39 is 0 Å². The number of hydrogen-bond acceptors (Lipinski definition) is 2. The molecule has 0 radical (unpaired) electrons. The standard InChI is InChI=1S/C16H25NO/c1-3-16(18)14-11-7-8-12-15(14)17(4-2)13-9-5-6-10-13/h7-8,11-13,16,18H,3-6,9-10H2,1-2H3/t16-/m0/s1. The van der Waals surface area contributed by atoms with Crippen molar-refractivity contribution in [2.75, 3.05) is 11.4 Å². The molecule has 2 rings (SSSR count). The molecule has 18 heavy (non-hydrogen) atoms. The SMILES string of the molecule is CC[C@H](O)c1ccccc1N(CC)C1CCCC1. The Kier molecular flexibility index (Phi) is 4.65. The van der Waals surface area contributed by atoms with Crippen LogP contribution >= 0.6 is 0 Å². The molecule has 1 aromatic rings. The molecule has 0 unspecified atom stereocenters. The van der Waals surface area contributed by atoms with Gasteiger partial charge < -0.3 is 10.0 Å². The molecule has 2 heteroatoms. The smallest absolute Gasteiger partial charge is 0.0807 e. The van der Waals surface area contributed by atoms with Crippen LogP contribution in [0, 0.1) is 0 Å². The molecule has 0 heterocycles. The number of aliphatic hydroxyl groups excluding tert-OH is 1.